The number of aromatic nitrogens is 1. The highest BCUT2D eigenvalue weighted by atomic mass is 35.5. The largest absolute Gasteiger partial charge is 0.494 e. The fraction of sp³-hybridized carbons (Fsp3) is 0.233. The molecule has 0 aliphatic carbocycles. The van der Waals surface area contributed by atoms with Gasteiger partial charge in [0.1, 0.15) is 17.6 Å². The first-order valence-electron chi connectivity index (χ1n) is 12.7. The van der Waals surface area contributed by atoms with Crippen LogP contribution in [-0.2, 0) is 4.79 Å². The van der Waals surface area contributed by atoms with Crippen molar-refractivity contribution in [3.05, 3.63) is 95.5 Å². The lowest BCUT2D eigenvalue weighted by atomic mass is 9.95. The molecule has 0 saturated carbocycles. The molecule has 10 heteroatoms. The third-order valence-electron chi connectivity index (χ3n) is 6.42. The molecular formula is C30H29ClN4O3S2. The molecule has 0 unspecified atom stereocenters. The summed E-state index contributed by atoms with van der Waals surface area (Å²) in [4.78, 5) is 20.3. The van der Waals surface area contributed by atoms with Crippen LogP contribution in [0.25, 0.3) is 0 Å². The molecule has 1 amide bonds. The molecule has 40 heavy (non-hydrogen) atoms. The molecule has 1 saturated heterocycles. The number of methoxy groups -OCH3 is 1. The maximum Gasteiger partial charge on any atom is 0.229 e. The van der Waals surface area contributed by atoms with Crippen molar-refractivity contribution in [1.29, 1.82) is 0 Å². The predicted molar refractivity (Wildman–Crippen MR) is 163 cm³/mol. The summed E-state index contributed by atoms with van der Waals surface area (Å²) >= 11 is 13.4. The van der Waals surface area contributed by atoms with Gasteiger partial charge in [0.25, 0.3) is 0 Å². The number of halogens is 1. The minimum absolute atomic E-state index is 0.105. The van der Waals surface area contributed by atoms with E-state index in [4.69, 9.17) is 33.0 Å². The number of carbonyl (C=O) groups excluding carboxylic acids is 1. The highest BCUT2D eigenvalue weighted by Gasteiger charge is 2.43. The van der Waals surface area contributed by atoms with Crippen LogP contribution in [0.3, 0.4) is 0 Å². The van der Waals surface area contributed by atoms with Crippen LogP contribution in [-0.4, -0.2) is 23.1 Å². The fourth-order valence-corrected chi connectivity index (χ4v) is 5.58. The lowest BCUT2D eigenvalue weighted by Crippen LogP contribution is -2.30. The van der Waals surface area contributed by atoms with E-state index in [2.05, 4.69) is 15.6 Å². The minimum atomic E-state index is -0.549. The van der Waals surface area contributed by atoms with Gasteiger partial charge in [0.2, 0.25) is 5.91 Å². The van der Waals surface area contributed by atoms with Crippen molar-refractivity contribution < 1.29 is 13.9 Å². The van der Waals surface area contributed by atoms with E-state index in [9.17, 15) is 4.79 Å². The van der Waals surface area contributed by atoms with Crippen molar-refractivity contribution >= 4 is 58.0 Å². The Morgan fingerprint density at radius 1 is 1.12 bits per heavy atom. The van der Waals surface area contributed by atoms with Gasteiger partial charge in [0, 0.05) is 33.3 Å². The van der Waals surface area contributed by atoms with Gasteiger partial charge in [0.05, 0.1) is 24.5 Å². The highest BCUT2D eigenvalue weighted by molar-refractivity contribution is 7.99. The summed E-state index contributed by atoms with van der Waals surface area (Å²) in [6, 6.07) is 22.4. The molecular weight excluding hydrogens is 564 g/mol. The lowest BCUT2D eigenvalue weighted by Gasteiger charge is -2.27. The smallest absolute Gasteiger partial charge is 0.229 e. The average molecular weight is 593 g/mol. The Balaban J connectivity index is 1.51. The molecule has 1 fully saturated rings. The second-order valence-electron chi connectivity index (χ2n) is 10.3. The minimum Gasteiger partial charge on any atom is -0.494 e. The maximum atomic E-state index is 12.6. The Bertz CT molecular complexity index is 1520. The summed E-state index contributed by atoms with van der Waals surface area (Å²) < 4.78 is 12.1. The van der Waals surface area contributed by atoms with Crippen molar-refractivity contribution in [2.24, 2.45) is 5.41 Å². The number of nitrogens with zero attached hydrogens (tertiary/aromatic N) is 2. The lowest BCUT2D eigenvalue weighted by molar-refractivity contribution is -0.123. The SMILES string of the molecule is COc1cc(N2C(=S)N[C@H](c3ccccn3)[C@@H]2c2ccc(Sc3ccc(Cl)cc3)o2)ccc1NC(=O)C(C)(C)C. The van der Waals surface area contributed by atoms with Crippen LogP contribution in [0.2, 0.25) is 5.02 Å². The van der Waals surface area contributed by atoms with Crippen molar-refractivity contribution in [2.45, 2.75) is 42.8 Å². The summed E-state index contributed by atoms with van der Waals surface area (Å²) in [6.45, 7) is 5.59. The molecule has 206 valence electrons. The molecule has 1 aliphatic rings. The van der Waals surface area contributed by atoms with Crippen LogP contribution in [0.1, 0.15) is 44.3 Å². The number of furan rings is 1. The van der Waals surface area contributed by atoms with Gasteiger partial charge in [-0.15, -0.1) is 0 Å². The van der Waals surface area contributed by atoms with E-state index < -0.39 is 5.41 Å². The summed E-state index contributed by atoms with van der Waals surface area (Å²) in [5.74, 6) is 1.14. The number of carbonyl (C=O) groups is 1. The number of thiocarbonyl (C=S) groups is 1. The zero-order valence-electron chi connectivity index (χ0n) is 22.5. The number of hydrogen-bond donors (Lipinski definition) is 2. The molecule has 1 aliphatic heterocycles. The molecule has 2 aromatic heterocycles. The highest BCUT2D eigenvalue weighted by Crippen LogP contribution is 2.45. The Labute approximate surface area is 248 Å². The van der Waals surface area contributed by atoms with E-state index in [0.717, 1.165) is 27.1 Å². The van der Waals surface area contributed by atoms with E-state index in [1.807, 2.05) is 98.5 Å². The standard InChI is InChI=1S/C30H29ClN4O3S2/c1-30(2,3)28(36)33-21-13-10-19(17-24(21)37-4)35-27(26(34-29(35)39)22-7-5-6-16-32-22)23-14-15-25(38-23)40-20-11-8-18(31)9-12-20/h5-17,26-27H,1-4H3,(H,33,36)(H,34,39)/t26-,27+/m1/s1. The monoisotopic (exact) mass is 592 g/mol. The van der Waals surface area contributed by atoms with Gasteiger partial charge < -0.3 is 24.7 Å². The number of hydrogen-bond acceptors (Lipinski definition) is 6. The van der Waals surface area contributed by atoms with E-state index in [0.29, 0.717) is 21.6 Å². The summed E-state index contributed by atoms with van der Waals surface area (Å²) in [5, 5.41) is 8.36. The summed E-state index contributed by atoms with van der Waals surface area (Å²) in [6.07, 6.45) is 1.76. The maximum absolute atomic E-state index is 12.6. The van der Waals surface area contributed by atoms with Crippen molar-refractivity contribution in [3.8, 4) is 5.75 Å². The van der Waals surface area contributed by atoms with Gasteiger partial charge in [-0.3, -0.25) is 9.78 Å². The van der Waals surface area contributed by atoms with Crippen LogP contribution in [0, 0.1) is 5.41 Å². The van der Waals surface area contributed by atoms with Gasteiger partial charge in [-0.2, -0.15) is 0 Å². The quantitative estimate of drug-likeness (QED) is 0.212. The van der Waals surface area contributed by atoms with Crippen molar-refractivity contribution in [3.63, 3.8) is 0 Å². The average Bonchev–Trinajstić information content (AvgIpc) is 3.54. The Morgan fingerprint density at radius 2 is 1.90 bits per heavy atom. The number of benzene rings is 2. The van der Waals surface area contributed by atoms with Gasteiger partial charge >= 0.3 is 0 Å². The van der Waals surface area contributed by atoms with Crippen molar-refractivity contribution in [2.75, 3.05) is 17.3 Å². The second-order valence-corrected chi connectivity index (χ2v) is 12.2. The first-order chi connectivity index (χ1) is 19.1. The Kier molecular flexibility index (Phi) is 8.07. The zero-order valence-corrected chi connectivity index (χ0v) is 24.9. The third-order valence-corrected chi connectivity index (χ3v) is 7.91. The third kappa shape index (κ3) is 5.96. The van der Waals surface area contributed by atoms with Crippen LogP contribution >= 0.6 is 35.6 Å². The molecule has 0 bridgehead atoms. The molecule has 3 heterocycles. The molecule has 5 rings (SSSR count). The van der Waals surface area contributed by atoms with E-state index in [-0.39, 0.29) is 18.0 Å². The fourth-order valence-electron chi connectivity index (χ4n) is 4.33. The molecule has 0 radical (unpaired) electrons. The molecule has 2 aromatic carbocycles. The van der Waals surface area contributed by atoms with Crippen LogP contribution in [0.5, 0.6) is 5.75 Å². The number of pyridine rings is 1. The summed E-state index contributed by atoms with van der Waals surface area (Å²) in [7, 11) is 1.58. The van der Waals surface area contributed by atoms with E-state index in [1.54, 1.807) is 13.3 Å². The van der Waals surface area contributed by atoms with Crippen LogP contribution in [0.15, 0.2) is 93.4 Å². The number of ether oxygens (including phenoxy) is 1. The topological polar surface area (TPSA) is 79.6 Å². The molecule has 7 nitrogen and oxygen atoms in total. The Hall–Kier alpha value is -3.53. The van der Waals surface area contributed by atoms with Gasteiger partial charge in [-0.1, -0.05) is 50.2 Å². The molecule has 4 aromatic rings. The number of amides is 1. The van der Waals surface area contributed by atoms with Gasteiger partial charge in [-0.05, 0) is 72.9 Å². The zero-order chi connectivity index (χ0) is 28.4. The van der Waals surface area contributed by atoms with Crippen LogP contribution < -0.4 is 20.3 Å². The van der Waals surface area contributed by atoms with E-state index >= 15 is 0 Å². The number of nitrogens with one attached hydrogen (secondary N) is 2. The predicted octanol–water partition coefficient (Wildman–Crippen LogP) is 7.65. The Morgan fingerprint density at radius 3 is 2.58 bits per heavy atom. The first-order valence-corrected chi connectivity index (χ1v) is 14.3. The second kappa shape index (κ2) is 11.5. The number of anilines is 2. The van der Waals surface area contributed by atoms with Gasteiger partial charge in [0.15, 0.2) is 10.2 Å². The first kappa shape index (κ1) is 28.0. The molecule has 2 atom stereocenters. The molecule has 0 spiro atoms. The van der Waals surface area contributed by atoms with Gasteiger partial charge in [-0.25, -0.2) is 0 Å². The summed E-state index contributed by atoms with van der Waals surface area (Å²) in [5.41, 5.74) is 1.66. The van der Waals surface area contributed by atoms with Crippen LogP contribution in [0.4, 0.5) is 11.4 Å². The molecule has 2 N–H and O–H groups in total. The van der Waals surface area contributed by atoms with Crippen molar-refractivity contribution in [1.82, 2.24) is 10.3 Å². The van der Waals surface area contributed by atoms with E-state index in [1.165, 1.54) is 11.8 Å². The normalized spacial score (nSPS) is 17.0. The number of rotatable bonds is 7.